The number of nitrogens with zero attached hydrogens (tertiary/aromatic N) is 2. The predicted octanol–water partition coefficient (Wildman–Crippen LogP) is 3.76. The molecule has 0 amide bonds. The zero-order valence-corrected chi connectivity index (χ0v) is 13.0. The van der Waals surface area contributed by atoms with Crippen molar-refractivity contribution in [3.63, 3.8) is 0 Å². The van der Waals surface area contributed by atoms with Crippen molar-refractivity contribution in [2.45, 2.75) is 0 Å². The number of rotatable bonds is 4. The van der Waals surface area contributed by atoms with E-state index in [-0.39, 0.29) is 0 Å². The number of carboxylic acids is 1. The fraction of sp³-hybridized carbons (Fsp3) is 0.0588. The molecule has 2 heterocycles. The Balaban J connectivity index is 2.26. The molecule has 0 bridgehead atoms. The quantitative estimate of drug-likeness (QED) is 0.741. The Labute approximate surface area is 137 Å². The molecule has 116 valence electrons. The summed E-state index contributed by atoms with van der Waals surface area (Å²) in [6.07, 6.45) is 4.29. The molecule has 0 radical (unpaired) electrons. The average molecular weight is 329 g/mol. The lowest BCUT2D eigenvalue weighted by Crippen LogP contribution is -1.91. The molecule has 0 unspecified atom stereocenters. The first-order valence-electron chi connectivity index (χ1n) is 6.81. The van der Waals surface area contributed by atoms with E-state index in [1.807, 2.05) is 24.3 Å². The molecule has 3 rings (SSSR count). The van der Waals surface area contributed by atoms with E-state index in [2.05, 4.69) is 4.98 Å². The lowest BCUT2D eigenvalue weighted by molar-refractivity contribution is -0.131. The van der Waals surface area contributed by atoms with E-state index in [9.17, 15) is 4.79 Å². The van der Waals surface area contributed by atoms with Crippen molar-refractivity contribution in [2.24, 2.45) is 0 Å². The maximum absolute atomic E-state index is 10.9. The van der Waals surface area contributed by atoms with Crippen LogP contribution >= 0.6 is 11.6 Å². The van der Waals surface area contributed by atoms with Crippen molar-refractivity contribution in [3.8, 4) is 17.0 Å². The fourth-order valence-electron chi connectivity index (χ4n) is 2.33. The number of carbonyl (C=O) groups is 1. The van der Waals surface area contributed by atoms with Gasteiger partial charge in [0.15, 0.2) is 0 Å². The number of hydrogen-bond acceptors (Lipinski definition) is 3. The maximum Gasteiger partial charge on any atom is 0.328 e. The smallest absolute Gasteiger partial charge is 0.328 e. The first-order valence-corrected chi connectivity index (χ1v) is 7.19. The van der Waals surface area contributed by atoms with Gasteiger partial charge in [-0.15, -0.1) is 0 Å². The van der Waals surface area contributed by atoms with Crippen LogP contribution in [0.3, 0.4) is 0 Å². The molecule has 5 nitrogen and oxygen atoms in total. The minimum Gasteiger partial charge on any atom is -0.497 e. The highest BCUT2D eigenvalue weighted by Crippen LogP contribution is 2.29. The Morgan fingerprint density at radius 2 is 2.17 bits per heavy atom. The van der Waals surface area contributed by atoms with Crippen molar-refractivity contribution in [2.75, 3.05) is 7.11 Å². The summed E-state index contributed by atoms with van der Waals surface area (Å²) in [5.41, 5.74) is 2.80. The number of pyridine rings is 1. The van der Waals surface area contributed by atoms with E-state index < -0.39 is 5.97 Å². The molecule has 0 fully saturated rings. The van der Waals surface area contributed by atoms with Crippen LogP contribution in [0.15, 0.2) is 48.7 Å². The van der Waals surface area contributed by atoms with E-state index >= 15 is 0 Å². The Bertz CT molecular complexity index is 915. The van der Waals surface area contributed by atoms with Gasteiger partial charge in [-0.3, -0.25) is 4.40 Å². The van der Waals surface area contributed by atoms with Gasteiger partial charge in [0.05, 0.1) is 23.5 Å². The van der Waals surface area contributed by atoms with E-state index in [1.165, 1.54) is 6.08 Å². The van der Waals surface area contributed by atoms with Crippen LogP contribution in [0.1, 0.15) is 5.69 Å². The number of fused-ring (bicyclic) bond motifs is 1. The maximum atomic E-state index is 10.9. The van der Waals surface area contributed by atoms with Gasteiger partial charge in [0.25, 0.3) is 0 Å². The number of ether oxygens (including phenoxy) is 1. The minimum absolute atomic E-state index is 0.539. The highest BCUT2D eigenvalue weighted by Gasteiger charge is 2.13. The second kappa shape index (κ2) is 6.14. The highest BCUT2D eigenvalue weighted by molar-refractivity contribution is 6.30. The summed E-state index contributed by atoms with van der Waals surface area (Å²) in [5, 5.41) is 9.46. The fourth-order valence-corrected chi connectivity index (χ4v) is 2.49. The van der Waals surface area contributed by atoms with Gasteiger partial charge in [-0.25, -0.2) is 9.78 Å². The molecule has 2 aromatic heterocycles. The molecular weight excluding hydrogens is 316 g/mol. The first-order chi connectivity index (χ1) is 11.1. The van der Waals surface area contributed by atoms with E-state index in [1.54, 1.807) is 29.8 Å². The van der Waals surface area contributed by atoms with Crippen LogP contribution < -0.4 is 4.74 Å². The summed E-state index contributed by atoms with van der Waals surface area (Å²) < 4.78 is 7.00. The zero-order valence-electron chi connectivity index (χ0n) is 12.2. The SMILES string of the molecule is COc1cccc(-c2nc3ccc(Cl)cn3c2/C=C/C(=O)O)c1. The van der Waals surface area contributed by atoms with Gasteiger partial charge in [0, 0.05) is 17.8 Å². The van der Waals surface area contributed by atoms with E-state index in [0.29, 0.717) is 27.8 Å². The number of hydrogen-bond donors (Lipinski definition) is 1. The molecule has 3 aromatic rings. The topological polar surface area (TPSA) is 63.8 Å². The molecule has 1 N–H and O–H groups in total. The van der Waals surface area contributed by atoms with Gasteiger partial charge in [-0.1, -0.05) is 23.7 Å². The third kappa shape index (κ3) is 3.05. The lowest BCUT2D eigenvalue weighted by Gasteiger charge is -2.04. The molecular formula is C17H13ClN2O3. The second-order valence-corrected chi connectivity index (χ2v) is 5.26. The number of aliphatic carboxylic acids is 1. The summed E-state index contributed by atoms with van der Waals surface area (Å²) in [7, 11) is 1.59. The van der Waals surface area contributed by atoms with Crippen molar-refractivity contribution in [1.29, 1.82) is 0 Å². The molecule has 0 aliphatic carbocycles. The molecule has 0 aliphatic rings. The minimum atomic E-state index is -1.03. The lowest BCUT2D eigenvalue weighted by atomic mass is 10.1. The standard InChI is InChI=1S/C17H13ClN2O3/c1-23-13-4-2-3-11(9-13)17-14(6-8-16(21)22)20-10-12(18)5-7-15(20)19-17/h2-10H,1H3,(H,21,22)/b8-6+. The summed E-state index contributed by atoms with van der Waals surface area (Å²) >= 11 is 6.05. The van der Waals surface area contributed by atoms with Crippen molar-refractivity contribution < 1.29 is 14.6 Å². The number of methoxy groups -OCH3 is 1. The summed E-state index contributed by atoms with van der Waals surface area (Å²) in [6, 6.07) is 11.0. The molecule has 0 saturated heterocycles. The van der Waals surface area contributed by atoms with Crippen LogP contribution in [-0.4, -0.2) is 27.6 Å². The second-order valence-electron chi connectivity index (χ2n) is 4.82. The summed E-state index contributed by atoms with van der Waals surface area (Å²) in [4.78, 5) is 15.5. The molecule has 23 heavy (non-hydrogen) atoms. The Morgan fingerprint density at radius 1 is 1.35 bits per heavy atom. The van der Waals surface area contributed by atoms with Crippen molar-refractivity contribution in [1.82, 2.24) is 9.38 Å². The number of benzene rings is 1. The first kappa shape index (κ1) is 15.1. The largest absolute Gasteiger partial charge is 0.497 e. The third-order valence-electron chi connectivity index (χ3n) is 3.35. The van der Waals surface area contributed by atoms with Crippen LogP contribution in [0, 0.1) is 0 Å². The number of halogens is 1. The van der Waals surface area contributed by atoms with Crippen molar-refractivity contribution >= 4 is 29.3 Å². The van der Waals surface area contributed by atoms with Gasteiger partial charge in [-0.05, 0) is 30.3 Å². The van der Waals surface area contributed by atoms with Crippen molar-refractivity contribution in [3.05, 3.63) is 59.4 Å². The summed E-state index contributed by atoms with van der Waals surface area (Å²) in [6.45, 7) is 0. The van der Waals surface area contributed by atoms with Crippen LogP contribution in [-0.2, 0) is 4.79 Å². The third-order valence-corrected chi connectivity index (χ3v) is 3.57. The Morgan fingerprint density at radius 3 is 2.91 bits per heavy atom. The molecule has 0 atom stereocenters. The molecule has 1 aromatic carbocycles. The molecule has 0 spiro atoms. The summed E-state index contributed by atoms with van der Waals surface area (Å²) in [5.74, 6) is -0.329. The average Bonchev–Trinajstić information content (AvgIpc) is 2.90. The molecule has 6 heteroatoms. The van der Waals surface area contributed by atoms with Gasteiger partial charge in [0.2, 0.25) is 0 Å². The number of imidazole rings is 1. The van der Waals surface area contributed by atoms with Crippen LogP contribution in [0.5, 0.6) is 5.75 Å². The van der Waals surface area contributed by atoms with Gasteiger partial charge >= 0.3 is 5.97 Å². The van der Waals surface area contributed by atoms with Crippen LogP contribution in [0.4, 0.5) is 0 Å². The molecule has 0 saturated carbocycles. The number of carboxylic acid groups (broad SMARTS) is 1. The highest BCUT2D eigenvalue weighted by atomic mass is 35.5. The normalized spacial score (nSPS) is 11.2. The van der Waals surface area contributed by atoms with Gasteiger partial charge in [-0.2, -0.15) is 0 Å². The van der Waals surface area contributed by atoms with Gasteiger partial charge in [0.1, 0.15) is 11.4 Å². The molecule has 0 aliphatic heterocycles. The van der Waals surface area contributed by atoms with Crippen LogP contribution in [0.2, 0.25) is 5.02 Å². The van der Waals surface area contributed by atoms with Crippen LogP contribution in [0.25, 0.3) is 23.0 Å². The van der Waals surface area contributed by atoms with Gasteiger partial charge < -0.3 is 9.84 Å². The van der Waals surface area contributed by atoms with E-state index in [4.69, 9.17) is 21.4 Å². The predicted molar refractivity (Wildman–Crippen MR) is 88.9 cm³/mol. The monoisotopic (exact) mass is 328 g/mol. The Hall–Kier alpha value is -2.79. The van der Waals surface area contributed by atoms with E-state index in [0.717, 1.165) is 11.6 Å². The number of aromatic nitrogens is 2. The zero-order chi connectivity index (χ0) is 16.4. The Kier molecular flexibility index (Phi) is 4.04.